The minimum absolute atomic E-state index is 0.0825. The first-order valence-corrected chi connectivity index (χ1v) is 5.58. The van der Waals surface area contributed by atoms with E-state index in [4.69, 9.17) is 21.4 Å². The van der Waals surface area contributed by atoms with E-state index in [1.165, 1.54) is 12.1 Å². The Kier molecular flexibility index (Phi) is 3.48. The number of halogens is 1. The number of ether oxygens (including phenoxy) is 1. The van der Waals surface area contributed by atoms with E-state index < -0.39 is 5.97 Å². The summed E-state index contributed by atoms with van der Waals surface area (Å²) in [6, 6.07) is 10.4. The number of aromatic nitrogens is 1. The summed E-state index contributed by atoms with van der Waals surface area (Å²) in [5.41, 5.74) is 0.821. The summed E-state index contributed by atoms with van der Waals surface area (Å²) in [5, 5.41) is 8.98. The minimum atomic E-state index is -1.19. The molecule has 5 heteroatoms. The summed E-state index contributed by atoms with van der Waals surface area (Å²) in [5.74, 6) is -0.391. The molecule has 0 fully saturated rings. The topological polar surface area (TPSA) is 59.4 Å². The summed E-state index contributed by atoms with van der Waals surface area (Å²) in [6.45, 7) is 1.94. The van der Waals surface area contributed by atoms with Gasteiger partial charge in [0.15, 0.2) is 5.69 Å². The number of benzene rings is 1. The van der Waals surface area contributed by atoms with E-state index in [0.717, 1.165) is 5.56 Å². The highest BCUT2D eigenvalue weighted by Gasteiger charge is 2.12. The van der Waals surface area contributed by atoms with Crippen LogP contribution in [0, 0.1) is 6.92 Å². The highest BCUT2D eigenvalue weighted by atomic mass is 35.5. The fourth-order valence-corrected chi connectivity index (χ4v) is 1.62. The third-order valence-electron chi connectivity index (χ3n) is 2.23. The Hall–Kier alpha value is -2.07. The number of nitrogens with zero attached hydrogens (tertiary/aromatic N) is 1. The molecule has 0 bridgehead atoms. The number of carboxylic acids is 1. The third-order valence-corrected chi connectivity index (χ3v) is 2.54. The zero-order chi connectivity index (χ0) is 13.1. The van der Waals surface area contributed by atoms with E-state index in [1.807, 2.05) is 25.1 Å². The molecule has 2 rings (SSSR count). The summed E-state index contributed by atoms with van der Waals surface area (Å²) in [4.78, 5) is 14.7. The monoisotopic (exact) mass is 263 g/mol. The predicted molar refractivity (Wildman–Crippen MR) is 67.5 cm³/mol. The van der Waals surface area contributed by atoms with E-state index in [0.29, 0.717) is 5.75 Å². The van der Waals surface area contributed by atoms with Crippen LogP contribution in [-0.4, -0.2) is 16.1 Å². The molecule has 0 aliphatic heterocycles. The Morgan fingerprint density at radius 1 is 1.33 bits per heavy atom. The van der Waals surface area contributed by atoms with Gasteiger partial charge in [-0.05, 0) is 30.7 Å². The quantitative estimate of drug-likeness (QED) is 0.920. The maximum Gasteiger partial charge on any atom is 0.356 e. The second kappa shape index (κ2) is 5.06. The molecule has 1 aromatic carbocycles. The molecule has 92 valence electrons. The van der Waals surface area contributed by atoms with Crippen molar-refractivity contribution in [2.75, 3.05) is 0 Å². The first-order valence-electron chi connectivity index (χ1n) is 5.20. The number of pyridine rings is 1. The Labute approximate surface area is 109 Å². The lowest BCUT2D eigenvalue weighted by molar-refractivity contribution is 0.0690. The van der Waals surface area contributed by atoms with Crippen LogP contribution in [0.4, 0.5) is 0 Å². The third kappa shape index (κ3) is 2.78. The maximum absolute atomic E-state index is 10.9. The summed E-state index contributed by atoms with van der Waals surface area (Å²) in [6.07, 6.45) is 0. The Balaban J connectivity index is 2.30. The van der Waals surface area contributed by atoms with Crippen molar-refractivity contribution < 1.29 is 14.6 Å². The fraction of sp³-hybridized carbons (Fsp3) is 0.0769. The van der Waals surface area contributed by atoms with E-state index >= 15 is 0 Å². The smallest absolute Gasteiger partial charge is 0.356 e. The van der Waals surface area contributed by atoms with E-state index in [2.05, 4.69) is 4.98 Å². The molecule has 4 nitrogen and oxygen atoms in total. The van der Waals surface area contributed by atoms with Crippen LogP contribution in [0.5, 0.6) is 11.6 Å². The average molecular weight is 264 g/mol. The second-order valence-corrected chi connectivity index (χ2v) is 4.11. The molecule has 0 unspecified atom stereocenters. The number of aromatic carboxylic acids is 1. The molecule has 18 heavy (non-hydrogen) atoms. The number of carboxylic acid groups (broad SMARTS) is 1. The van der Waals surface area contributed by atoms with Crippen molar-refractivity contribution in [2.45, 2.75) is 6.92 Å². The van der Waals surface area contributed by atoms with Gasteiger partial charge in [0.05, 0.1) is 5.02 Å². The van der Waals surface area contributed by atoms with Gasteiger partial charge in [0, 0.05) is 6.07 Å². The molecule has 0 radical (unpaired) electrons. The van der Waals surface area contributed by atoms with Gasteiger partial charge in [-0.2, -0.15) is 0 Å². The highest BCUT2D eigenvalue weighted by molar-refractivity contribution is 6.33. The van der Waals surface area contributed by atoms with Crippen LogP contribution in [0.15, 0.2) is 36.4 Å². The molecule has 0 spiro atoms. The van der Waals surface area contributed by atoms with Gasteiger partial charge in [-0.1, -0.05) is 23.7 Å². The first kappa shape index (κ1) is 12.4. The molecule has 0 saturated heterocycles. The number of aryl methyl sites for hydroxylation is 1. The van der Waals surface area contributed by atoms with Gasteiger partial charge in [-0.15, -0.1) is 0 Å². The normalized spacial score (nSPS) is 10.1. The Morgan fingerprint density at radius 3 is 2.78 bits per heavy atom. The lowest BCUT2D eigenvalue weighted by Crippen LogP contribution is -2.02. The van der Waals surface area contributed by atoms with Crippen LogP contribution in [0.2, 0.25) is 5.02 Å². The summed E-state index contributed by atoms with van der Waals surface area (Å²) < 4.78 is 5.47. The molecular weight excluding hydrogens is 254 g/mol. The molecule has 1 heterocycles. The van der Waals surface area contributed by atoms with Crippen LogP contribution in [0.3, 0.4) is 0 Å². The molecule has 1 N–H and O–H groups in total. The molecule has 0 atom stereocenters. The summed E-state index contributed by atoms with van der Waals surface area (Å²) in [7, 11) is 0. The number of hydrogen-bond acceptors (Lipinski definition) is 3. The molecule has 0 saturated carbocycles. The predicted octanol–water partition coefficient (Wildman–Crippen LogP) is 3.53. The van der Waals surface area contributed by atoms with Crippen molar-refractivity contribution in [1.29, 1.82) is 0 Å². The average Bonchev–Trinajstić information content (AvgIpc) is 2.31. The van der Waals surface area contributed by atoms with Crippen LogP contribution >= 0.6 is 11.6 Å². The van der Waals surface area contributed by atoms with Gasteiger partial charge in [0.2, 0.25) is 5.88 Å². The zero-order valence-electron chi connectivity index (χ0n) is 9.55. The fourth-order valence-electron chi connectivity index (χ4n) is 1.43. The van der Waals surface area contributed by atoms with Crippen molar-refractivity contribution in [1.82, 2.24) is 4.98 Å². The lowest BCUT2D eigenvalue weighted by atomic mass is 10.2. The van der Waals surface area contributed by atoms with Gasteiger partial charge in [0.25, 0.3) is 0 Å². The largest absolute Gasteiger partial charge is 0.476 e. The minimum Gasteiger partial charge on any atom is -0.476 e. The molecular formula is C13H10ClNO3. The van der Waals surface area contributed by atoms with Gasteiger partial charge in [-0.25, -0.2) is 9.78 Å². The summed E-state index contributed by atoms with van der Waals surface area (Å²) >= 11 is 5.72. The van der Waals surface area contributed by atoms with E-state index in [-0.39, 0.29) is 16.6 Å². The van der Waals surface area contributed by atoms with Crippen molar-refractivity contribution >= 4 is 17.6 Å². The van der Waals surface area contributed by atoms with Crippen LogP contribution in [-0.2, 0) is 0 Å². The molecule has 0 aliphatic carbocycles. The zero-order valence-corrected chi connectivity index (χ0v) is 10.3. The maximum atomic E-state index is 10.9. The molecule has 2 aromatic rings. The van der Waals surface area contributed by atoms with Gasteiger partial charge in [0.1, 0.15) is 5.75 Å². The highest BCUT2D eigenvalue weighted by Crippen LogP contribution is 2.23. The van der Waals surface area contributed by atoms with Gasteiger partial charge in [-0.3, -0.25) is 0 Å². The molecule has 1 aromatic heterocycles. The number of carbonyl (C=O) groups is 1. The van der Waals surface area contributed by atoms with Crippen LogP contribution in [0.1, 0.15) is 16.1 Å². The van der Waals surface area contributed by atoms with Gasteiger partial charge >= 0.3 is 5.97 Å². The van der Waals surface area contributed by atoms with Crippen LogP contribution < -0.4 is 4.74 Å². The van der Waals surface area contributed by atoms with Crippen molar-refractivity contribution in [2.24, 2.45) is 0 Å². The van der Waals surface area contributed by atoms with Crippen molar-refractivity contribution in [3.05, 3.63) is 52.7 Å². The van der Waals surface area contributed by atoms with Crippen molar-refractivity contribution in [3.8, 4) is 11.6 Å². The first-order chi connectivity index (χ1) is 8.56. The Morgan fingerprint density at radius 2 is 2.11 bits per heavy atom. The molecule has 0 amide bonds. The van der Waals surface area contributed by atoms with Crippen molar-refractivity contribution in [3.63, 3.8) is 0 Å². The Bertz CT molecular complexity index is 599. The van der Waals surface area contributed by atoms with E-state index in [1.54, 1.807) is 6.07 Å². The molecule has 0 aliphatic rings. The SMILES string of the molecule is Cc1cccc(Oc2ccc(Cl)c(C(=O)O)n2)c1. The van der Waals surface area contributed by atoms with Gasteiger partial charge < -0.3 is 9.84 Å². The van der Waals surface area contributed by atoms with Crippen LogP contribution in [0.25, 0.3) is 0 Å². The lowest BCUT2D eigenvalue weighted by Gasteiger charge is -2.06. The standard InChI is InChI=1S/C13H10ClNO3/c1-8-3-2-4-9(7-8)18-11-6-5-10(14)12(15-11)13(16)17/h2-7H,1H3,(H,16,17). The number of hydrogen-bond donors (Lipinski definition) is 1. The van der Waals surface area contributed by atoms with E-state index in [9.17, 15) is 4.79 Å². The second-order valence-electron chi connectivity index (χ2n) is 3.70. The number of rotatable bonds is 3.